The Kier molecular flexibility index (Phi) is 7.74. The number of piperazine rings is 1. The first-order valence-corrected chi connectivity index (χ1v) is 13.9. The van der Waals surface area contributed by atoms with Crippen molar-refractivity contribution in [3.05, 3.63) is 35.0 Å². The van der Waals surface area contributed by atoms with Crippen LogP contribution in [0.4, 0.5) is 17.5 Å². The summed E-state index contributed by atoms with van der Waals surface area (Å²) >= 11 is 7.73. The number of anilines is 3. The largest absolute Gasteiger partial charge is 0.490 e. The van der Waals surface area contributed by atoms with Crippen LogP contribution in [0.25, 0.3) is 0 Å². The first-order chi connectivity index (χ1) is 16.7. The summed E-state index contributed by atoms with van der Waals surface area (Å²) < 4.78 is 30.2. The molecule has 3 aromatic rings. The topological polar surface area (TPSA) is 116 Å². The molecular weight excluding hydrogens is 510 g/mol. The van der Waals surface area contributed by atoms with Gasteiger partial charge in [-0.2, -0.15) is 5.10 Å². The maximum atomic E-state index is 12.2. The summed E-state index contributed by atoms with van der Waals surface area (Å²) in [6.45, 7) is 6.90. The molecule has 3 heterocycles. The van der Waals surface area contributed by atoms with Crippen LogP contribution in [0.1, 0.15) is 12.6 Å². The Labute approximate surface area is 214 Å². The lowest BCUT2D eigenvalue weighted by atomic mass is 10.3. The molecule has 1 saturated heterocycles. The van der Waals surface area contributed by atoms with Crippen LogP contribution in [0.2, 0.25) is 5.02 Å². The minimum atomic E-state index is -3.36. The van der Waals surface area contributed by atoms with E-state index in [9.17, 15) is 8.42 Å². The normalized spacial score (nSPS) is 14.8. The fourth-order valence-electron chi connectivity index (χ4n) is 3.60. The van der Waals surface area contributed by atoms with Crippen LogP contribution in [0.5, 0.6) is 5.75 Å². The van der Waals surface area contributed by atoms with Crippen molar-refractivity contribution in [2.75, 3.05) is 56.3 Å². The quantitative estimate of drug-likeness (QED) is 0.413. The number of nitrogens with zero attached hydrogens (tertiary/aromatic N) is 5. The van der Waals surface area contributed by atoms with E-state index in [-0.39, 0.29) is 10.6 Å². The zero-order valence-corrected chi connectivity index (χ0v) is 22.4. The van der Waals surface area contributed by atoms with Crippen molar-refractivity contribution in [3.63, 3.8) is 0 Å². The molecule has 13 heteroatoms. The number of benzene rings is 1. The van der Waals surface area contributed by atoms with Crippen LogP contribution < -0.4 is 15.0 Å². The number of aromatic amines is 1. The number of hydrogen-bond acceptors (Lipinski definition) is 10. The summed E-state index contributed by atoms with van der Waals surface area (Å²) in [5.74, 6) is 2.29. The van der Waals surface area contributed by atoms with Crippen molar-refractivity contribution >= 4 is 50.7 Å². The van der Waals surface area contributed by atoms with E-state index >= 15 is 0 Å². The van der Waals surface area contributed by atoms with Gasteiger partial charge >= 0.3 is 0 Å². The summed E-state index contributed by atoms with van der Waals surface area (Å²) in [4.78, 5) is 14.8. The molecule has 0 bridgehead atoms. The highest BCUT2D eigenvalue weighted by atomic mass is 35.5. The van der Waals surface area contributed by atoms with Crippen molar-refractivity contribution in [3.8, 4) is 5.75 Å². The number of halogens is 1. The van der Waals surface area contributed by atoms with E-state index in [0.29, 0.717) is 38.3 Å². The number of nitrogens with one attached hydrogen (secondary N) is 2. The number of sulfone groups is 1. The number of H-pyrrole nitrogens is 1. The highest BCUT2D eigenvalue weighted by Crippen LogP contribution is 2.40. The Balaban J connectivity index is 1.73. The lowest BCUT2D eigenvalue weighted by molar-refractivity contribution is 0.309. The SMILES string of the molecule is CCS(=O)(=O)c1ccc(Sc2nc(Nc3cc(C)[nH]n3)c(OC)c(N3CCN(C)CC3)n2)c(Cl)c1. The highest BCUT2D eigenvalue weighted by Gasteiger charge is 2.25. The van der Waals surface area contributed by atoms with Crippen LogP contribution in [0.15, 0.2) is 39.2 Å². The van der Waals surface area contributed by atoms with Gasteiger partial charge in [0, 0.05) is 42.8 Å². The van der Waals surface area contributed by atoms with Gasteiger partial charge in [-0.1, -0.05) is 18.5 Å². The van der Waals surface area contributed by atoms with E-state index in [2.05, 4.69) is 32.4 Å². The molecule has 35 heavy (non-hydrogen) atoms. The fraction of sp³-hybridized carbons (Fsp3) is 0.409. The molecule has 1 aromatic carbocycles. The molecule has 188 valence electrons. The van der Waals surface area contributed by atoms with Gasteiger partial charge in [0.2, 0.25) is 5.75 Å². The molecule has 2 N–H and O–H groups in total. The van der Waals surface area contributed by atoms with E-state index in [1.54, 1.807) is 26.2 Å². The first-order valence-electron chi connectivity index (χ1n) is 11.1. The number of methoxy groups -OCH3 is 1. The van der Waals surface area contributed by atoms with Crippen molar-refractivity contribution in [2.45, 2.75) is 28.8 Å². The minimum Gasteiger partial charge on any atom is -0.490 e. The van der Waals surface area contributed by atoms with Crippen LogP contribution >= 0.6 is 23.4 Å². The lowest BCUT2D eigenvalue weighted by Gasteiger charge is -2.34. The molecule has 4 rings (SSSR count). The van der Waals surface area contributed by atoms with Gasteiger partial charge in [-0.3, -0.25) is 5.10 Å². The molecule has 0 unspecified atom stereocenters. The van der Waals surface area contributed by atoms with Gasteiger partial charge < -0.3 is 19.9 Å². The predicted octanol–water partition coefficient (Wildman–Crippen LogP) is 3.61. The Morgan fingerprint density at radius 1 is 1.20 bits per heavy atom. The maximum Gasteiger partial charge on any atom is 0.204 e. The molecule has 1 fully saturated rings. The van der Waals surface area contributed by atoms with Gasteiger partial charge in [0.15, 0.2) is 32.4 Å². The molecule has 2 aromatic heterocycles. The molecule has 0 aliphatic carbocycles. The van der Waals surface area contributed by atoms with E-state index in [1.165, 1.54) is 17.8 Å². The number of rotatable bonds is 8. The fourth-order valence-corrected chi connectivity index (χ4v) is 5.62. The van der Waals surface area contributed by atoms with Gasteiger partial charge in [0.05, 0.1) is 22.8 Å². The average molecular weight is 538 g/mol. The third-order valence-corrected chi connectivity index (χ3v) is 8.73. The second kappa shape index (κ2) is 10.6. The molecular formula is C22H28ClN7O3S2. The van der Waals surface area contributed by atoms with Gasteiger partial charge in [0.1, 0.15) is 0 Å². The molecule has 0 saturated carbocycles. The van der Waals surface area contributed by atoms with Gasteiger partial charge in [-0.25, -0.2) is 18.4 Å². The Bertz CT molecular complexity index is 1310. The number of ether oxygens (including phenoxy) is 1. The molecule has 1 aliphatic rings. The van der Waals surface area contributed by atoms with E-state index in [0.717, 1.165) is 31.9 Å². The standard InChI is InChI=1S/C22H28ClN7O3S2/c1-5-35(31,32)15-6-7-17(16(23)13-15)34-22-25-20(24-18-12-14(2)27-28-18)19(33-4)21(26-22)30-10-8-29(3)9-11-30/h6-7,12-13H,5,8-11H2,1-4H3,(H2,24,25,26,27,28). The van der Waals surface area contributed by atoms with Crippen LogP contribution in [-0.2, 0) is 9.84 Å². The Morgan fingerprint density at radius 3 is 2.54 bits per heavy atom. The van der Waals surface area contributed by atoms with Gasteiger partial charge in [0.25, 0.3) is 0 Å². The Hall–Kier alpha value is -2.54. The van der Waals surface area contributed by atoms with Crippen molar-refractivity contribution in [1.29, 1.82) is 0 Å². The zero-order chi connectivity index (χ0) is 25.2. The third kappa shape index (κ3) is 5.83. The van der Waals surface area contributed by atoms with Gasteiger partial charge in [-0.15, -0.1) is 0 Å². The van der Waals surface area contributed by atoms with Crippen LogP contribution in [-0.4, -0.2) is 79.6 Å². The number of aromatic nitrogens is 4. The van der Waals surface area contributed by atoms with Gasteiger partial charge in [-0.05, 0) is 43.9 Å². The van der Waals surface area contributed by atoms with E-state index in [1.807, 2.05) is 13.0 Å². The molecule has 0 atom stereocenters. The predicted molar refractivity (Wildman–Crippen MR) is 138 cm³/mol. The Morgan fingerprint density at radius 2 is 1.94 bits per heavy atom. The van der Waals surface area contributed by atoms with Crippen molar-refractivity contribution < 1.29 is 13.2 Å². The molecule has 0 spiro atoms. The molecule has 10 nitrogen and oxygen atoms in total. The molecule has 0 radical (unpaired) electrons. The molecule has 1 aliphatic heterocycles. The monoisotopic (exact) mass is 537 g/mol. The van der Waals surface area contributed by atoms with Crippen molar-refractivity contribution in [2.24, 2.45) is 0 Å². The second-order valence-corrected chi connectivity index (χ2v) is 11.9. The second-order valence-electron chi connectivity index (χ2n) is 8.16. The highest BCUT2D eigenvalue weighted by molar-refractivity contribution is 7.99. The number of hydrogen-bond donors (Lipinski definition) is 2. The lowest BCUT2D eigenvalue weighted by Crippen LogP contribution is -2.45. The minimum absolute atomic E-state index is 0.00743. The summed E-state index contributed by atoms with van der Waals surface area (Å²) in [5.41, 5.74) is 0.906. The molecule has 0 amide bonds. The average Bonchev–Trinajstić information content (AvgIpc) is 3.25. The smallest absolute Gasteiger partial charge is 0.204 e. The van der Waals surface area contributed by atoms with E-state index in [4.69, 9.17) is 26.3 Å². The van der Waals surface area contributed by atoms with E-state index < -0.39 is 9.84 Å². The van der Waals surface area contributed by atoms with Crippen molar-refractivity contribution in [1.82, 2.24) is 25.1 Å². The van der Waals surface area contributed by atoms with Crippen LogP contribution in [0, 0.1) is 6.92 Å². The summed E-state index contributed by atoms with van der Waals surface area (Å²) in [5, 5.41) is 11.2. The summed E-state index contributed by atoms with van der Waals surface area (Å²) in [7, 11) is 0.327. The number of likely N-dealkylation sites (N-methyl/N-ethyl adjacent to an activating group) is 1. The first kappa shape index (κ1) is 25.5. The third-order valence-electron chi connectivity index (χ3n) is 5.63. The maximum absolute atomic E-state index is 12.2. The zero-order valence-electron chi connectivity index (χ0n) is 20.0. The number of aryl methyl sites for hydroxylation is 1. The van der Waals surface area contributed by atoms with Crippen LogP contribution in [0.3, 0.4) is 0 Å². The summed E-state index contributed by atoms with van der Waals surface area (Å²) in [6, 6.07) is 6.58. The summed E-state index contributed by atoms with van der Waals surface area (Å²) in [6.07, 6.45) is 0.